The Morgan fingerprint density at radius 2 is 2.17 bits per heavy atom. The standard InChI is InChI=1S/C11H18O/c1-8-4-5-10-9(6-8)7-12-11(10,2)3/h8H,4-7H2,1-3H3. The molecule has 0 aromatic carbocycles. The maximum absolute atomic E-state index is 5.76. The summed E-state index contributed by atoms with van der Waals surface area (Å²) in [6.45, 7) is 7.64. The summed E-state index contributed by atoms with van der Waals surface area (Å²) in [5, 5.41) is 0. The summed E-state index contributed by atoms with van der Waals surface area (Å²) < 4.78 is 5.76. The van der Waals surface area contributed by atoms with Crippen molar-refractivity contribution in [3.05, 3.63) is 11.1 Å². The van der Waals surface area contributed by atoms with E-state index in [1.54, 1.807) is 11.1 Å². The second kappa shape index (κ2) is 2.59. The number of hydrogen-bond acceptors (Lipinski definition) is 1. The van der Waals surface area contributed by atoms with Gasteiger partial charge in [0.1, 0.15) is 0 Å². The Morgan fingerprint density at radius 3 is 2.92 bits per heavy atom. The van der Waals surface area contributed by atoms with Crippen molar-refractivity contribution in [2.75, 3.05) is 6.61 Å². The number of hydrogen-bond donors (Lipinski definition) is 0. The lowest BCUT2D eigenvalue weighted by Gasteiger charge is -2.26. The van der Waals surface area contributed by atoms with E-state index in [0.717, 1.165) is 12.5 Å². The molecule has 0 aromatic heterocycles. The molecule has 0 fully saturated rings. The molecule has 1 atom stereocenters. The molecule has 0 N–H and O–H groups in total. The fraction of sp³-hybridized carbons (Fsp3) is 0.818. The van der Waals surface area contributed by atoms with Crippen LogP contribution < -0.4 is 0 Å². The molecule has 1 unspecified atom stereocenters. The van der Waals surface area contributed by atoms with E-state index in [0.29, 0.717) is 0 Å². The number of rotatable bonds is 0. The van der Waals surface area contributed by atoms with Gasteiger partial charge in [0.15, 0.2) is 0 Å². The summed E-state index contributed by atoms with van der Waals surface area (Å²) in [6.07, 6.45) is 3.90. The molecule has 0 saturated heterocycles. The predicted octanol–water partition coefficient (Wildman–Crippen LogP) is 2.91. The zero-order chi connectivity index (χ0) is 8.77. The molecule has 1 aliphatic heterocycles. The summed E-state index contributed by atoms with van der Waals surface area (Å²) in [7, 11) is 0. The first-order chi connectivity index (χ1) is 5.59. The van der Waals surface area contributed by atoms with Crippen molar-refractivity contribution in [2.24, 2.45) is 5.92 Å². The zero-order valence-electron chi connectivity index (χ0n) is 8.31. The maximum Gasteiger partial charge on any atom is 0.0843 e. The first-order valence-corrected chi connectivity index (χ1v) is 4.95. The average Bonchev–Trinajstić information content (AvgIpc) is 2.27. The first-order valence-electron chi connectivity index (χ1n) is 4.95. The molecule has 0 aromatic rings. The van der Waals surface area contributed by atoms with Crippen LogP contribution in [0.15, 0.2) is 11.1 Å². The van der Waals surface area contributed by atoms with Gasteiger partial charge in [-0.2, -0.15) is 0 Å². The van der Waals surface area contributed by atoms with Crippen molar-refractivity contribution in [3.8, 4) is 0 Å². The van der Waals surface area contributed by atoms with Gasteiger partial charge in [0.05, 0.1) is 12.2 Å². The SMILES string of the molecule is CC1CCC2=C(COC2(C)C)C1. The fourth-order valence-electron chi connectivity index (χ4n) is 2.44. The van der Waals surface area contributed by atoms with Gasteiger partial charge in [-0.15, -0.1) is 0 Å². The van der Waals surface area contributed by atoms with E-state index in [1.165, 1.54) is 19.3 Å². The van der Waals surface area contributed by atoms with Gasteiger partial charge < -0.3 is 4.74 Å². The molecule has 1 heterocycles. The summed E-state index contributed by atoms with van der Waals surface area (Å²) in [4.78, 5) is 0. The quantitative estimate of drug-likeness (QED) is 0.503. The third-order valence-electron chi connectivity index (χ3n) is 3.24. The average molecular weight is 166 g/mol. The van der Waals surface area contributed by atoms with Crippen LogP contribution in [0.4, 0.5) is 0 Å². The second-order valence-corrected chi connectivity index (χ2v) is 4.73. The predicted molar refractivity (Wildman–Crippen MR) is 50.1 cm³/mol. The van der Waals surface area contributed by atoms with Crippen LogP contribution >= 0.6 is 0 Å². The smallest absolute Gasteiger partial charge is 0.0843 e. The van der Waals surface area contributed by atoms with E-state index in [2.05, 4.69) is 20.8 Å². The lowest BCUT2D eigenvalue weighted by Crippen LogP contribution is -2.23. The van der Waals surface area contributed by atoms with E-state index >= 15 is 0 Å². The van der Waals surface area contributed by atoms with Crippen LogP contribution in [-0.2, 0) is 4.74 Å². The van der Waals surface area contributed by atoms with Gasteiger partial charge in [0.25, 0.3) is 0 Å². The van der Waals surface area contributed by atoms with Gasteiger partial charge in [-0.25, -0.2) is 0 Å². The van der Waals surface area contributed by atoms with E-state index in [9.17, 15) is 0 Å². The van der Waals surface area contributed by atoms with Crippen LogP contribution in [-0.4, -0.2) is 12.2 Å². The lowest BCUT2D eigenvalue weighted by atomic mass is 9.81. The molecular formula is C11H18O. The highest BCUT2D eigenvalue weighted by molar-refractivity contribution is 5.29. The summed E-state index contributed by atoms with van der Waals surface area (Å²) in [5.41, 5.74) is 3.24. The molecule has 2 rings (SSSR count). The van der Waals surface area contributed by atoms with Crippen LogP contribution in [0.1, 0.15) is 40.0 Å². The summed E-state index contributed by atoms with van der Waals surface area (Å²) in [5.74, 6) is 0.876. The monoisotopic (exact) mass is 166 g/mol. The Morgan fingerprint density at radius 1 is 1.42 bits per heavy atom. The van der Waals surface area contributed by atoms with Gasteiger partial charge in [-0.3, -0.25) is 0 Å². The van der Waals surface area contributed by atoms with E-state index in [-0.39, 0.29) is 5.60 Å². The van der Waals surface area contributed by atoms with Gasteiger partial charge in [-0.05, 0) is 50.2 Å². The van der Waals surface area contributed by atoms with Crippen LogP contribution in [0.3, 0.4) is 0 Å². The molecule has 1 aliphatic carbocycles. The highest BCUT2D eigenvalue weighted by Gasteiger charge is 2.35. The van der Waals surface area contributed by atoms with Crippen molar-refractivity contribution in [2.45, 2.75) is 45.6 Å². The Hall–Kier alpha value is -0.300. The highest BCUT2D eigenvalue weighted by Crippen LogP contribution is 2.41. The van der Waals surface area contributed by atoms with Gasteiger partial charge in [-0.1, -0.05) is 6.92 Å². The van der Waals surface area contributed by atoms with Crippen molar-refractivity contribution in [1.29, 1.82) is 0 Å². The summed E-state index contributed by atoms with van der Waals surface area (Å²) in [6, 6.07) is 0. The maximum atomic E-state index is 5.76. The van der Waals surface area contributed by atoms with E-state index < -0.39 is 0 Å². The third-order valence-corrected chi connectivity index (χ3v) is 3.24. The molecule has 12 heavy (non-hydrogen) atoms. The Bertz CT molecular complexity index is 225. The van der Waals surface area contributed by atoms with Crippen LogP contribution in [0.2, 0.25) is 0 Å². The minimum Gasteiger partial charge on any atom is -0.367 e. The van der Waals surface area contributed by atoms with Gasteiger partial charge in [0, 0.05) is 0 Å². The Kier molecular flexibility index (Phi) is 1.80. The Labute approximate surface area is 74.8 Å². The van der Waals surface area contributed by atoms with Gasteiger partial charge >= 0.3 is 0 Å². The van der Waals surface area contributed by atoms with Crippen molar-refractivity contribution >= 4 is 0 Å². The minimum absolute atomic E-state index is 0.0511. The molecule has 1 nitrogen and oxygen atoms in total. The molecule has 0 radical (unpaired) electrons. The fourth-order valence-corrected chi connectivity index (χ4v) is 2.44. The van der Waals surface area contributed by atoms with Crippen molar-refractivity contribution in [3.63, 3.8) is 0 Å². The van der Waals surface area contributed by atoms with E-state index in [1.807, 2.05) is 0 Å². The molecule has 68 valence electrons. The van der Waals surface area contributed by atoms with E-state index in [4.69, 9.17) is 4.74 Å². The lowest BCUT2D eigenvalue weighted by molar-refractivity contribution is 0.0468. The third kappa shape index (κ3) is 1.20. The Balaban J connectivity index is 2.25. The van der Waals surface area contributed by atoms with Crippen molar-refractivity contribution < 1.29 is 4.74 Å². The van der Waals surface area contributed by atoms with Crippen LogP contribution in [0.25, 0.3) is 0 Å². The molecule has 1 heteroatoms. The second-order valence-electron chi connectivity index (χ2n) is 4.73. The molecule has 2 aliphatic rings. The largest absolute Gasteiger partial charge is 0.367 e. The van der Waals surface area contributed by atoms with Crippen molar-refractivity contribution in [1.82, 2.24) is 0 Å². The molecule has 0 saturated carbocycles. The highest BCUT2D eigenvalue weighted by atomic mass is 16.5. The molecular weight excluding hydrogens is 148 g/mol. The first kappa shape index (κ1) is 8.31. The minimum atomic E-state index is 0.0511. The summed E-state index contributed by atoms with van der Waals surface area (Å²) >= 11 is 0. The van der Waals surface area contributed by atoms with Crippen LogP contribution in [0.5, 0.6) is 0 Å². The zero-order valence-corrected chi connectivity index (χ0v) is 8.31. The molecule has 0 spiro atoms. The van der Waals surface area contributed by atoms with Crippen LogP contribution in [0, 0.1) is 5.92 Å². The number of ether oxygens (including phenoxy) is 1. The molecule has 0 amide bonds. The normalized spacial score (nSPS) is 33.8. The molecule has 0 bridgehead atoms. The van der Waals surface area contributed by atoms with Gasteiger partial charge in [0.2, 0.25) is 0 Å². The topological polar surface area (TPSA) is 9.23 Å².